The van der Waals surface area contributed by atoms with Gasteiger partial charge in [-0.1, -0.05) is 6.92 Å². The Kier molecular flexibility index (Phi) is 5.59. The van der Waals surface area contributed by atoms with Crippen LogP contribution in [0.15, 0.2) is 10.9 Å². The number of nitrogens with zero attached hydrogens (tertiary/aromatic N) is 3. The van der Waals surface area contributed by atoms with Crippen LogP contribution in [0.25, 0.3) is 0 Å². The zero-order valence-corrected chi connectivity index (χ0v) is 17.5. The molecule has 6 heteroatoms. The number of H-pyrrole nitrogens is 1. The molecule has 3 fully saturated rings. The standard InChI is InChI=1S/C22H34N4O2/c1-14(2)26-8-4-5-17(13-26)19-12-20(27)24-21(23-19)16-6-9-25(10-7-16)22(28)18-11-15(18)3/h12,14-18H,4-11,13H2,1-3H3,(H,23,24,27)/t15-,17-,18+/m1/s1. The lowest BCUT2D eigenvalue weighted by molar-refractivity contribution is -0.133. The van der Waals surface area contributed by atoms with Crippen molar-refractivity contribution in [3.8, 4) is 0 Å². The van der Waals surface area contributed by atoms with E-state index in [9.17, 15) is 9.59 Å². The second kappa shape index (κ2) is 7.97. The third-order valence-corrected chi connectivity index (χ3v) is 7.00. The van der Waals surface area contributed by atoms with Crippen LogP contribution in [0.5, 0.6) is 0 Å². The summed E-state index contributed by atoms with van der Waals surface area (Å²) in [5.74, 6) is 2.57. The zero-order valence-electron chi connectivity index (χ0n) is 17.5. The van der Waals surface area contributed by atoms with Gasteiger partial charge in [-0.3, -0.25) is 9.59 Å². The summed E-state index contributed by atoms with van der Waals surface area (Å²) in [6.45, 7) is 10.3. The fraction of sp³-hybridized carbons (Fsp3) is 0.773. The van der Waals surface area contributed by atoms with E-state index in [0.717, 1.165) is 69.8 Å². The van der Waals surface area contributed by atoms with Gasteiger partial charge in [-0.2, -0.15) is 0 Å². The first-order valence-corrected chi connectivity index (χ1v) is 11.1. The van der Waals surface area contributed by atoms with Crippen LogP contribution in [-0.4, -0.2) is 57.9 Å². The second-order valence-electron chi connectivity index (χ2n) is 9.40. The molecule has 4 rings (SSSR count). The Morgan fingerprint density at radius 2 is 1.89 bits per heavy atom. The predicted molar refractivity (Wildman–Crippen MR) is 109 cm³/mol. The average Bonchev–Trinajstić information content (AvgIpc) is 3.43. The van der Waals surface area contributed by atoms with Gasteiger partial charge in [0.25, 0.3) is 5.56 Å². The first-order valence-electron chi connectivity index (χ1n) is 11.1. The molecule has 2 saturated heterocycles. The van der Waals surface area contributed by atoms with E-state index >= 15 is 0 Å². The van der Waals surface area contributed by atoms with E-state index in [1.165, 1.54) is 0 Å². The summed E-state index contributed by atoms with van der Waals surface area (Å²) >= 11 is 0. The van der Waals surface area contributed by atoms with Crippen LogP contribution in [0.2, 0.25) is 0 Å². The lowest BCUT2D eigenvalue weighted by atomic mass is 9.92. The van der Waals surface area contributed by atoms with E-state index < -0.39 is 0 Å². The van der Waals surface area contributed by atoms with Gasteiger partial charge >= 0.3 is 0 Å². The number of nitrogens with one attached hydrogen (secondary N) is 1. The Morgan fingerprint density at radius 1 is 1.18 bits per heavy atom. The van der Waals surface area contributed by atoms with Crippen molar-refractivity contribution in [2.75, 3.05) is 26.2 Å². The van der Waals surface area contributed by atoms with E-state index in [2.05, 4.69) is 30.7 Å². The summed E-state index contributed by atoms with van der Waals surface area (Å²) in [5.41, 5.74) is 0.918. The lowest BCUT2D eigenvalue weighted by Crippen LogP contribution is -2.40. The fourth-order valence-electron chi connectivity index (χ4n) is 4.89. The van der Waals surface area contributed by atoms with Crippen molar-refractivity contribution in [2.24, 2.45) is 11.8 Å². The maximum atomic E-state index is 12.5. The minimum absolute atomic E-state index is 0.0352. The van der Waals surface area contributed by atoms with E-state index in [0.29, 0.717) is 23.8 Å². The van der Waals surface area contributed by atoms with Crippen molar-refractivity contribution in [1.82, 2.24) is 19.8 Å². The third-order valence-electron chi connectivity index (χ3n) is 7.00. The number of piperidine rings is 2. The normalized spacial score (nSPS) is 29.3. The number of carbonyl (C=O) groups excluding carboxylic acids is 1. The number of rotatable bonds is 4. The van der Waals surface area contributed by atoms with Crippen LogP contribution in [0, 0.1) is 11.8 Å². The van der Waals surface area contributed by atoms with E-state index in [-0.39, 0.29) is 17.4 Å². The van der Waals surface area contributed by atoms with Crippen molar-refractivity contribution >= 4 is 5.91 Å². The molecule has 0 bridgehead atoms. The van der Waals surface area contributed by atoms with Crippen LogP contribution >= 0.6 is 0 Å². The molecule has 2 aliphatic heterocycles. The Balaban J connectivity index is 1.43. The van der Waals surface area contributed by atoms with E-state index in [1.54, 1.807) is 6.07 Å². The number of amides is 1. The molecular weight excluding hydrogens is 352 g/mol. The molecule has 154 valence electrons. The van der Waals surface area contributed by atoms with Gasteiger partial charge in [0.05, 0.1) is 5.69 Å². The molecule has 1 N–H and O–H groups in total. The molecule has 1 saturated carbocycles. The van der Waals surface area contributed by atoms with Gasteiger partial charge in [-0.05, 0) is 58.4 Å². The molecule has 28 heavy (non-hydrogen) atoms. The van der Waals surface area contributed by atoms with Crippen molar-refractivity contribution in [2.45, 2.75) is 70.8 Å². The zero-order chi connectivity index (χ0) is 19.8. The van der Waals surface area contributed by atoms with Crippen LogP contribution in [-0.2, 0) is 4.79 Å². The van der Waals surface area contributed by atoms with Crippen molar-refractivity contribution in [3.05, 3.63) is 27.9 Å². The lowest BCUT2D eigenvalue weighted by Gasteiger charge is -2.35. The van der Waals surface area contributed by atoms with Crippen LogP contribution in [0.1, 0.15) is 76.2 Å². The number of likely N-dealkylation sites (tertiary alicyclic amines) is 2. The summed E-state index contributed by atoms with van der Waals surface area (Å²) in [5, 5.41) is 0. The summed E-state index contributed by atoms with van der Waals surface area (Å²) in [7, 11) is 0. The SMILES string of the molecule is CC(C)N1CCC[C@@H](c2cc(=O)[nH]c(C3CCN(C(=O)[C@H]4C[C@H]4C)CC3)n2)C1. The smallest absolute Gasteiger partial charge is 0.251 e. The number of aromatic nitrogens is 2. The minimum atomic E-state index is -0.0352. The number of carbonyl (C=O) groups is 1. The highest BCUT2D eigenvalue weighted by Gasteiger charge is 2.42. The molecule has 3 atom stereocenters. The molecule has 0 unspecified atom stereocenters. The fourth-order valence-corrected chi connectivity index (χ4v) is 4.89. The van der Waals surface area contributed by atoms with Gasteiger partial charge in [-0.25, -0.2) is 4.98 Å². The summed E-state index contributed by atoms with van der Waals surface area (Å²) in [6, 6.07) is 2.23. The third kappa shape index (κ3) is 4.17. The molecule has 3 heterocycles. The molecule has 0 spiro atoms. The van der Waals surface area contributed by atoms with Gasteiger partial charge in [0, 0.05) is 49.5 Å². The van der Waals surface area contributed by atoms with Crippen LogP contribution in [0.4, 0.5) is 0 Å². The molecule has 0 radical (unpaired) electrons. The van der Waals surface area contributed by atoms with Gasteiger partial charge in [-0.15, -0.1) is 0 Å². The molecule has 0 aromatic carbocycles. The first kappa shape index (κ1) is 19.6. The Hall–Kier alpha value is -1.69. The molecular formula is C22H34N4O2. The van der Waals surface area contributed by atoms with Crippen LogP contribution in [0.3, 0.4) is 0 Å². The number of hydrogen-bond donors (Lipinski definition) is 1. The topological polar surface area (TPSA) is 69.3 Å². The second-order valence-corrected chi connectivity index (χ2v) is 9.40. The van der Waals surface area contributed by atoms with Gasteiger partial charge in [0.2, 0.25) is 5.91 Å². The van der Waals surface area contributed by atoms with E-state index in [1.807, 2.05) is 4.90 Å². The molecule has 3 aliphatic rings. The van der Waals surface area contributed by atoms with Gasteiger partial charge in [0.1, 0.15) is 5.82 Å². The summed E-state index contributed by atoms with van der Waals surface area (Å²) in [4.78, 5) is 37.2. The monoisotopic (exact) mass is 386 g/mol. The highest BCUT2D eigenvalue weighted by atomic mass is 16.2. The highest BCUT2D eigenvalue weighted by Crippen LogP contribution is 2.40. The Morgan fingerprint density at radius 3 is 2.54 bits per heavy atom. The molecule has 1 aromatic rings. The van der Waals surface area contributed by atoms with Gasteiger partial charge < -0.3 is 14.8 Å². The largest absolute Gasteiger partial charge is 0.342 e. The first-order chi connectivity index (χ1) is 13.4. The average molecular weight is 387 g/mol. The Labute approximate surface area is 167 Å². The Bertz CT molecular complexity index is 766. The summed E-state index contributed by atoms with van der Waals surface area (Å²) < 4.78 is 0. The van der Waals surface area contributed by atoms with Gasteiger partial charge in [0.15, 0.2) is 0 Å². The van der Waals surface area contributed by atoms with Crippen molar-refractivity contribution < 1.29 is 4.79 Å². The number of aromatic amines is 1. The maximum Gasteiger partial charge on any atom is 0.251 e. The molecule has 1 aliphatic carbocycles. The van der Waals surface area contributed by atoms with Crippen LogP contribution < -0.4 is 5.56 Å². The maximum absolute atomic E-state index is 12.5. The quantitative estimate of drug-likeness (QED) is 0.864. The number of hydrogen-bond acceptors (Lipinski definition) is 4. The van der Waals surface area contributed by atoms with Crippen molar-refractivity contribution in [3.63, 3.8) is 0 Å². The van der Waals surface area contributed by atoms with Crippen molar-refractivity contribution in [1.29, 1.82) is 0 Å². The summed E-state index contributed by atoms with van der Waals surface area (Å²) in [6.07, 6.45) is 5.09. The highest BCUT2D eigenvalue weighted by molar-refractivity contribution is 5.81. The molecule has 1 amide bonds. The minimum Gasteiger partial charge on any atom is -0.342 e. The predicted octanol–water partition coefficient (Wildman–Crippen LogP) is 2.72. The molecule has 6 nitrogen and oxygen atoms in total. The van der Waals surface area contributed by atoms with E-state index in [4.69, 9.17) is 4.98 Å². The molecule has 1 aromatic heterocycles.